The van der Waals surface area contributed by atoms with E-state index >= 15 is 0 Å². The monoisotopic (exact) mass is 387 g/mol. The number of rotatable bonds is 5. The van der Waals surface area contributed by atoms with Crippen molar-refractivity contribution in [1.82, 2.24) is 19.8 Å². The number of fused-ring (bicyclic) bond motifs is 1. The van der Waals surface area contributed by atoms with Gasteiger partial charge in [-0.3, -0.25) is 9.10 Å². The molecule has 6 nitrogen and oxygen atoms in total. The van der Waals surface area contributed by atoms with E-state index in [1.807, 2.05) is 56.5 Å². The van der Waals surface area contributed by atoms with Crippen LogP contribution in [0.25, 0.3) is 10.2 Å². The van der Waals surface area contributed by atoms with Crippen LogP contribution in [0.5, 0.6) is 0 Å². The molecule has 0 saturated carbocycles. The molecule has 0 bridgehead atoms. The van der Waals surface area contributed by atoms with E-state index in [4.69, 9.17) is 5.73 Å². The lowest BCUT2D eigenvalue weighted by molar-refractivity contribution is 0.0956. The van der Waals surface area contributed by atoms with Gasteiger partial charge < -0.3 is 11.1 Å². The van der Waals surface area contributed by atoms with Crippen LogP contribution in [0.1, 0.15) is 26.5 Å². The summed E-state index contributed by atoms with van der Waals surface area (Å²) in [4.78, 5) is 14.9. The molecule has 0 aliphatic carbocycles. The molecule has 136 valence electrons. The molecule has 8 heteroatoms. The number of thiophene rings is 1. The second-order valence-electron chi connectivity index (χ2n) is 6.17. The lowest BCUT2D eigenvalue weighted by atomic mass is 10.1. The fraction of sp³-hybridized carbons (Fsp3) is 0.278. The number of hydrogen-bond donors (Lipinski definition) is 2. The van der Waals surface area contributed by atoms with Crippen molar-refractivity contribution in [2.75, 3.05) is 19.8 Å². The van der Waals surface area contributed by atoms with Crippen LogP contribution in [0.2, 0.25) is 0 Å². The molecule has 0 unspecified atom stereocenters. The fourth-order valence-corrected chi connectivity index (χ4v) is 4.25. The highest BCUT2D eigenvalue weighted by atomic mass is 32.2. The largest absolute Gasteiger partial charge is 0.397 e. The number of aryl methyl sites for hydroxylation is 2. The van der Waals surface area contributed by atoms with Crippen LogP contribution in [0.3, 0.4) is 0 Å². The zero-order valence-corrected chi connectivity index (χ0v) is 16.8. The van der Waals surface area contributed by atoms with E-state index in [0.717, 1.165) is 27.1 Å². The lowest BCUT2D eigenvalue weighted by Crippen LogP contribution is -2.22. The maximum atomic E-state index is 12.6. The third-order valence-corrected chi connectivity index (χ3v) is 5.94. The van der Waals surface area contributed by atoms with Gasteiger partial charge in [0, 0.05) is 16.8 Å². The van der Waals surface area contributed by atoms with Gasteiger partial charge >= 0.3 is 0 Å². The number of carbonyl (C=O) groups excluding carboxylic acids is 1. The Labute approximate surface area is 160 Å². The van der Waals surface area contributed by atoms with Gasteiger partial charge in [0.25, 0.3) is 5.91 Å². The molecular weight excluding hydrogens is 366 g/mol. The van der Waals surface area contributed by atoms with Crippen LogP contribution < -0.4 is 11.1 Å². The third kappa shape index (κ3) is 3.82. The van der Waals surface area contributed by atoms with Crippen molar-refractivity contribution < 1.29 is 4.79 Å². The number of nitrogens with zero attached hydrogens (tertiary/aromatic N) is 3. The molecular formula is C18H21N5OS2. The number of nitrogens with two attached hydrogens (primary N) is 1. The summed E-state index contributed by atoms with van der Waals surface area (Å²) in [6.07, 6.45) is 0. The molecule has 0 aliphatic heterocycles. The van der Waals surface area contributed by atoms with Crippen molar-refractivity contribution in [3.8, 4) is 0 Å². The molecule has 3 aromatic rings. The molecule has 26 heavy (non-hydrogen) atoms. The van der Waals surface area contributed by atoms with Gasteiger partial charge in [-0.05, 0) is 63.2 Å². The zero-order chi connectivity index (χ0) is 18.8. The molecule has 0 radical (unpaired) electrons. The van der Waals surface area contributed by atoms with E-state index in [0.29, 0.717) is 21.9 Å². The summed E-state index contributed by atoms with van der Waals surface area (Å²) >= 11 is 2.93. The lowest BCUT2D eigenvalue weighted by Gasteiger charge is -2.09. The Morgan fingerprint density at radius 1 is 1.23 bits per heavy atom. The standard InChI is InChI=1S/C18H21N5OS2/c1-10-11(2)21-22-18-14(10)15(19)16(25-18)17(24)20-9-12-5-7-13(8-6-12)26-23(3)4/h5-8H,9,19H2,1-4H3,(H,20,24). The Kier molecular flexibility index (Phi) is 5.45. The van der Waals surface area contributed by atoms with E-state index in [-0.39, 0.29) is 5.91 Å². The van der Waals surface area contributed by atoms with Crippen LogP contribution in [-0.2, 0) is 6.54 Å². The SMILES string of the molecule is Cc1nnc2sc(C(=O)NCc3ccc(SN(C)C)cc3)c(N)c2c1C. The van der Waals surface area contributed by atoms with Crippen molar-refractivity contribution in [2.45, 2.75) is 25.3 Å². The number of aromatic nitrogens is 2. The predicted molar refractivity (Wildman–Crippen MR) is 108 cm³/mol. The average molecular weight is 388 g/mol. The molecule has 0 atom stereocenters. The fourth-order valence-electron chi connectivity index (χ4n) is 2.55. The van der Waals surface area contributed by atoms with Crippen molar-refractivity contribution in [2.24, 2.45) is 0 Å². The number of anilines is 1. The topological polar surface area (TPSA) is 84.1 Å². The highest BCUT2D eigenvalue weighted by molar-refractivity contribution is 7.97. The highest BCUT2D eigenvalue weighted by Gasteiger charge is 2.19. The molecule has 1 amide bonds. The Hall–Kier alpha value is -2.16. The van der Waals surface area contributed by atoms with Crippen LogP contribution >= 0.6 is 23.3 Å². The summed E-state index contributed by atoms with van der Waals surface area (Å²) in [6, 6.07) is 8.11. The van der Waals surface area contributed by atoms with Gasteiger partial charge in [0.1, 0.15) is 9.71 Å². The number of nitrogen functional groups attached to an aromatic ring is 1. The second-order valence-corrected chi connectivity index (χ2v) is 8.55. The van der Waals surface area contributed by atoms with Crippen LogP contribution in [-0.4, -0.2) is 34.5 Å². The van der Waals surface area contributed by atoms with E-state index in [1.54, 1.807) is 11.9 Å². The molecule has 0 saturated heterocycles. The molecule has 1 aromatic carbocycles. The normalized spacial score (nSPS) is 11.3. The van der Waals surface area contributed by atoms with Crippen LogP contribution in [0.15, 0.2) is 29.2 Å². The molecule has 3 N–H and O–H groups in total. The zero-order valence-electron chi connectivity index (χ0n) is 15.2. The van der Waals surface area contributed by atoms with E-state index in [9.17, 15) is 4.79 Å². The summed E-state index contributed by atoms with van der Waals surface area (Å²) in [5.41, 5.74) is 9.53. The smallest absolute Gasteiger partial charge is 0.263 e. The minimum atomic E-state index is -0.186. The van der Waals surface area contributed by atoms with Gasteiger partial charge in [-0.1, -0.05) is 12.1 Å². The molecule has 2 heterocycles. The summed E-state index contributed by atoms with van der Waals surface area (Å²) in [6.45, 7) is 4.28. The Morgan fingerprint density at radius 3 is 2.58 bits per heavy atom. The number of nitrogens with one attached hydrogen (secondary N) is 1. The molecule has 0 aliphatic rings. The van der Waals surface area contributed by atoms with E-state index < -0.39 is 0 Å². The molecule has 0 fully saturated rings. The van der Waals surface area contributed by atoms with Crippen molar-refractivity contribution >= 4 is 45.1 Å². The molecule has 3 rings (SSSR count). The van der Waals surface area contributed by atoms with E-state index in [1.165, 1.54) is 11.3 Å². The first-order valence-corrected chi connectivity index (χ1v) is 9.70. The van der Waals surface area contributed by atoms with Gasteiger partial charge in [-0.25, -0.2) is 0 Å². The van der Waals surface area contributed by atoms with Crippen molar-refractivity contribution in [3.05, 3.63) is 46.0 Å². The summed E-state index contributed by atoms with van der Waals surface area (Å²) < 4.78 is 2.04. The van der Waals surface area contributed by atoms with Gasteiger partial charge in [0.05, 0.1) is 11.4 Å². The Bertz CT molecular complexity index is 950. The van der Waals surface area contributed by atoms with Gasteiger partial charge in [-0.2, -0.15) is 5.10 Å². The molecule has 0 spiro atoms. The summed E-state index contributed by atoms with van der Waals surface area (Å²) in [5.74, 6) is -0.186. The van der Waals surface area contributed by atoms with Crippen molar-refractivity contribution in [1.29, 1.82) is 0 Å². The minimum absolute atomic E-state index is 0.186. The Balaban J connectivity index is 1.73. The first kappa shape index (κ1) is 18.6. The first-order chi connectivity index (χ1) is 12.4. The van der Waals surface area contributed by atoms with Crippen LogP contribution in [0, 0.1) is 13.8 Å². The molecule has 2 aromatic heterocycles. The maximum absolute atomic E-state index is 12.6. The predicted octanol–water partition coefficient (Wildman–Crippen LogP) is 3.39. The Morgan fingerprint density at radius 2 is 1.92 bits per heavy atom. The van der Waals surface area contributed by atoms with Gasteiger partial charge in [-0.15, -0.1) is 16.4 Å². The van der Waals surface area contributed by atoms with Gasteiger partial charge in [0.2, 0.25) is 0 Å². The van der Waals surface area contributed by atoms with Gasteiger partial charge in [0.15, 0.2) is 0 Å². The number of hydrogen-bond acceptors (Lipinski definition) is 7. The average Bonchev–Trinajstić information content (AvgIpc) is 2.94. The number of amides is 1. The summed E-state index contributed by atoms with van der Waals surface area (Å²) in [5, 5.41) is 12.0. The third-order valence-electron chi connectivity index (χ3n) is 4.01. The highest BCUT2D eigenvalue weighted by Crippen LogP contribution is 2.34. The second kappa shape index (κ2) is 7.61. The summed E-state index contributed by atoms with van der Waals surface area (Å²) in [7, 11) is 4.00. The first-order valence-electron chi connectivity index (χ1n) is 8.11. The van der Waals surface area contributed by atoms with Crippen molar-refractivity contribution in [3.63, 3.8) is 0 Å². The maximum Gasteiger partial charge on any atom is 0.263 e. The van der Waals surface area contributed by atoms with E-state index in [2.05, 4.69) is 15.5 Å². The number of carbonyl (C=O) groups is 1. The quantitative estimate of drug-likeness (QED) is 0.653. The minimum Gasteiger partial charge on any atom is -0.397 e. The number of benzene rings is 1. The van der Waals surface area contributed by atoms with Crippen LogP contribution in [0.4, 0.5) is 5.69 Å².